The molecular formula is C16H25N3O2. The van der Waals surface area contributed by atoms with Crippen LogP contribution in [-0.4, -0.2) is 44.2 Å². The number of nitrogens with one attached hydrogen (secondary N) is 2. The molecule has 1 saturated heterocycles. The number of piperidine rings is 1. The van der Waals surface area contributed by atoms with Crippen molar-refractivity contribution in [2.24, 2.45) is 5.92 Å². The van der Waals surface area contributed by atoms with E-state index in [1.807, 2.05) is 36.1 Å². The van der Waals surface area contributed by atoms with E-state index in [9.17, 15) is 4.79 Å². The number of benzene rings is 1. The van der Waals surface area contributed by atoms with E-state index in [0.29, 0.717) is 5.92 Å². The number of carbonyl (C=O) groups excluding carboxylic acids is 1. The Morgan fingerprint density at radius 1 is 1.43 bits per heavy atom. The average Bonchev–Trinajstić information content (AvgIpc) is 2.54. The van der Waals surface area contributed by atoms with E-state index in [0.717, 1.165) is 37.6 Å². The van der Waals surface area contributed by atoms with Gasteiger partial charge in [-0.05, 0) is 63.0 Å². The molecule has 1 aliphatic heterocycles. The van der Waals surface area contributed by atoms with E-state index in [2.05, 4.69) is 10.6 Å². The standard InChI is InChI=1S/C16H25N3O2/c1-3-19(12-13-5-4-10-17-11-13)16(20)18-14-6-8-15(21-2)9-7-14/h6-9,13,17H,3-5,10-12H2,1-2H3,(H,18,20). The average molecular weight is 291 g/mol. The summed E-state index contributed by atoms with van der Waals surface area (Å²) >= 11 is 0. The van der Waals surface area contributed by atoms with E-state index < -0.39 is 0 Å². The zero-order valence-corrected chi connectivity index (χ0v) is 12.9. The lowest BCUT2D eigenvalue weighted by molar-refractivity contribution is 0.197. The maximum atomic E-state index is 12.3. The van der Waals surface area contributed by atoms with Crippen LogP contribution >= 0.6 is 0 Å². The smallest absolute Gasteiger partial charge is 0.321 e. The molecule has 2 amide bonds. The van der Waals surface area contributed by atoms with Gasteiger partial charge in [-0.3, -0.25) is 0 Å². The van der Waals surface area contributed by atoms with Crippen molar-refractivity contribution in [1.29, 1.82) is 0 Å². The molecule has 0 radical (unpaired) electrons. The van der Waals surface area contributed by atoms with Gasteiger partial charge in [-0.15, -0.1) is 0 Å². The predicted octanol–water partition coefficient (Wildman–Crippen LogP) is 2.55. The van der Waals surface area contributed by atoms with Crippen molar-refractivity contribution in [3.63, 3.8) is 0 Å². The minimum absolute atomic E-state index is 0.0340. The molecular weight excluding hydrogens is 266 g/mol. The fourth-order valence-electron chi connectivity index (χ4n) is 2.62. The zero-order valence-electron chi connectivity index (χ0n) is 12.9. The Labute approximate surface area is 126 Å². The quantitative estimate of drug-likeness (QED) is 0.876. The Morgan fingerprint density at radius 2 is 2.19 bits per heavy atom. The van der Waals surface area contributed by atoms with Gasteiger partial charge in [0.1, 0.15) is 5.75 Å². The largest absolute Gasteiger partial charge is 0.497 e. The van der Waals surface area contributed by atoms with Gasteiger partial charge in [0.2, 0.25) is 0 Å². The maximum Gasteiger partial charge on any atom is 0.321 e. The van der Waals surface area contributed by atoms with Crippen LogP contribution in [0.5, 0.6) is 5.75 Å². The summed E-state index contributed by atoms with van der Waals surface area (Å²) < 4.78 is 5.11. The van der Waals surface area contributed by atoms with E-state index in [1.165, 1.54) is 12.8 Å². The molecule has 5 nitrogen and oxygen atoms in total. The number of ether oxygens (including phenoxy) is 1. The van der Waals surface area contributed by atoms with Crippen LogP contribution < -0.4 is 15.4 Å². The SMILES string of the molecule is CCN(CC1CCCNC1)C(=O)Nc1ccc(OC)cc1. The minimum atomic E-state index is -0.0340. The number of hydrogen-bond donors (Lipinski definition) is 2. The van der Waals surface area contributed by atoms with Gasteiger partial charge in [0.15, 0.2) is 0 Å². The molecule has 0 saturated carbocycles. The monoisotopic (exact) mass is 291 g/mol. The van der Waals surface area contributed by atoms with Crippen LogP contribution in [-0.2, 0) is 0 Å². The molecule has 1 atom stereocenters. The van der Waals surface area contributed by atoms with Gasteiger partial charge in [-0.25, -0.2) is 4.79 Å². The molecule has 1 heterocycles. The minimum Gasteiger partial charge on any atom is -0.497 e. The van der Waals surface area contributed by atoms with Crippen LogP contribution in [0, 0.1) is 5.92 Å². The molecule has 0 bridgehead atoms. The van der Waals surface area contributed by atoms with E-state index in [1.54, 1.807) is 7.11 Å². The summed E-state index contributed by atoms with van der Waals surface area (Å²) in [6.45, 7) is 5.65. The number of methoxy groups -OCH3 is 1. The van der Waals surface area contributed by atoms with Crippen molar-refractivity contribution in [2.75, 3.05) is 38.6 Å². The molecule has 116 valence electrons. The molecule has 2 N–H and O–H groups in total. The molecule has 1 aliphatic rings. The first kappa shape index (κ1) is 15.6. The first-order chi connectivity index (χ1) is 10.2. The van der Waals surface area contributed by atoms with Crippen molar-refractivity contribution in [3.05, 3.63) is 24.3 Å². The van der Waals surface area contributed by atoms with E-state index in [4.69, 9.17) is 4.74 Å². The molecule has 1 fully saturated rings. The summed E-state index contributed by atoms with van der Waals surface area (Å²) in [4.78, 5) is 14.2. The Morgan fingerprint density at radius 3 is 2.76 bits per heavy atom. The fourth-order valence-corrected chi connectivity index (χ4v) is 2.62. The summed E-state index contributed by atoms with van der Waals surface area (Å²) in [6.07, 6.45) is 2.39. The highest BCUT2D eigenvalue weighted by atomic mass is 16.5. The Balaban J connectivity index is 1.89. The van der Waals surface area contributed by atoms with E-state index >= 15 is 0 Å². The third kappa shape index (κ3) is 4.63. The summed E-state index contributed by atoms with van der Waals surface area (Å²) in [5.41, 5.74) is 0.793. The van der Waals surface area contributed by atoms with Crippen LogP contribution in [0.4, 0.5) is 10.5 Å². The summed E-state index contributed by atoms with van der Waals surface area (Å²) in [7, 11) is 1.63. The van der Waals surface area contributed by atoms with Gasteiger partial charge in [0.05, 0.1) is 7.11 Å². The summed E-state index contributed by atoms with van der Waals surface area (Å²) in [6, 6.07) is 7.36. The summed E-state index contributed by atoms with van der Waals surface area (Å²) in [5.74, 6) is 1.34. The fraction of sp³-hybridized carbons (Fsp3) is 0.562. The van der Waals surface area contributed by atoms with Crippen LogP contribution in [0.1, 0.15) is 19.8 Å². The molecule has 21 heavy (non-hydrogen) atoms. The Hall–Kier alpha value is -1.75. The van der Waals surface area contributed by atoms with Crippen LogP contribution in [0.25, 0.3) is 0 Å². The topological polar surface area (TPSA) is 53.6 Å². The third-order valence-electron chi connectivity index (χ3n) is 3.89. The normalized spacial score (nSPS) is 18.1. The second-order valence-electron chi connectivity index (χ2n) is 5.41. The first-order valence-corrected chi connectivity index (χ1v) is 7.63. The lowest BCUT2D eigenvalue weighted by Gasteiger charge is -2.29. The van der Waals surface area contributed by atoms with Crippen molar-refractivity contribution in [3.8, 4) is 5.75 Å². The second kappa shape index (κ2) is 7.88. The number of hydrogen-bond acceptors (Lipinski definition) is 3. The number of urea groups is 1. The van der Waals surface area contributed by atoms with Gasteiger partial charge in [0.25, 0.3) is 0 Å². The maximum absolute atomic E-state index is 12.3. The first-order valence-electron chi connectivity index (χ1n) is 7.63. The van der Waals surface area contributed by atoms with Crippen molar-refractivity contribution in [1.82, 2.24) is 10.2 Å². The molecule has 0 aliphatic carbocycles. The van der Waals surface area contributed by atoms with Gasteiger partial charge < -0.3 is 20.3 Å². The van der Waals surface area contributed by atoms with Crippen molar-refractivity contribution >= 4 is 11.7 Å². The highest BCUT2D eigenvalue weighted by Gasteiger charge is 2.19. The number of anilines is 1. The van der Waals surface area contributed by atoms with Crippen LogP contribution in [0.15, 0.2) is 24.3 Å². The molecule has 5 heteroatoms. The lowest BCUT2D eigenvalue weighted by atomic mass is 9.99. The summed E-state index contributed by atoms with van der Waals surface area (Å²) in [5, 5.41) is 6.34. The Bertz CT molecular complexity index is 441. The van der Waals surface area contributed by atoms with E-state index in [-0.39, 0.29) is 6.03 Å². The van der Waals surface area contributed by atoms with Gasteiger partial charge in [-0.2, -0.15) is 0 Å². The predicted molar refractivity (Wildman–Crippen MR) is 84.9 cm³/mol. The molecule has 1 aromatic carbocycles. The van der Waals surface area contributed by atoms with Crippen LogP contribution in [0.3, 0.4) is 0 Å². The molecule has 0 spiro atoms. The number of nitrogens with zero attached hydrogens (tertiary/aromatic N) is 1. The third-order valence-corrected chi connectivity index (χ3v) is 3.89. The molecule has 0 aromatic heterocycles. The van der Waals surface area contributed by atoms with Crippen molar-refractivity contribution < 1.29 is 9.53 Å². The number of carbonyl (C=O) groups is 1. The molecule has 1 unspecified atom stereocenters. The zero-order chi connectivity index (χ0) is 15.1. The lowest BCUT2D eigenvalue weighted by Crippen LogP contribution is -2.42. The number of rotatable bonds is 5. The molecule has 2 rings (SSSR count). The van der Waals surface area contributed by atoms with Crippen molar-refractivity contribution in [2.45, 2.75) is 19.8 Å². The van der Waals surface area contributed by atoms with Gasteiger partial charge in [0, 0.05) is 18.8 Å². The van der Waals surface area contributed by atoms with Gasteiger partial charge >= 0.3 is 6.03 Å². The van der Waals surface area contributed by atoms with Crippen LogP contribution in [0.2, 0.25) is 0 Å². The highest BCUT2D eigenvalue weighted by Crippen LogP contribution is 2.16. The second-order valence-corrected chi connectivity index (χ2v) is 5.41. The molecule has 1 aromatic rings. The highest BCUT2D eigenvalue weighted by molar-refractivity contribution is 5.89. The van der Waals surface area contributed by atoms with Gasteiger partial charge in [-0.1, -0.05) is 0 Å². The number of amides is 2. The Kier molecular flexibility index (Phi) is 5.87.